The van der Waals surface area contributed by atoms with Gasteiger partial charge in [-0.3, -0.25) is 4.79 Å². The van der Waals surface area contributed by atoms with Gasteiger partial charge in [-0.15, -0.1) is 0 Å². The number of imidazole rings is 1. The molecule has 0 radical (unpaired) electrons. The minimum Gasteiger partial charge on any atom is -0.492 e. The minimum atomic E-state index is -0.254. The smallest absolute Gasteiger partial charge is 0.246 e. The number of carbonyl (C=O) groups is 1. The van der Waals surface area contributed by atoms with Gasteiger partial charge in [0.1, 0.15) is 24.8 Å². The summed E-state index contributed by atoms with van der Waals surface area (Å²) in [4.78, 5) is 16.6. The summed E-state index contributed by atoms with van der Waals surface area (Å²) >= 11 is 5.90. The van der Waals surface area contributed by atoms with Gasteiger partial charge in [0.15, 0.2) is 0 Å². The Morgan fingerprint density at radius 3 is 2.70 bits per heavy atom. The van der Waals surface area contributed by atoms with E-state index < -0.39 is 0 Å². The van der Waals surface area contributed by atoms with Gasteiger partial charge in [0, 0.05) is 12.1 Å². The second kappa shape index (κ2) is 8.88. The SMILES string of the molecule is COCC(=O)NC(C)c1nc2ccccc2n1CCOc1ccc(Cl)cc1. The number of rotatable bonds is 8. The summed E-state index contributed by atoms with van der Waals surface area (Å²) in [5, 5.41) is 3.58. The van der Waals surface area contributed by atoms with Crippen LogP contribution in [0.1, 0.15) is 18.8 Å². The van der Waals surface area contributed by atoms with Gasteiger partial charge in [0.25, 0.3) is 0 Å². The maximum absolute atomic E-state index is 11.9. The van der Waals surface area contributed by atoms with E-state index in [1.807, 2.05) is 43.3 Å². The number of hydrogen-bond donors (Lipinski definition) is 1. The van der Waals surface area contributed by atoms with Crippen LogP contribution in [0.4, 0.5) is 0 Å². The number of fused-ring (bicyclic) bond motifs is 1. The van der Waals surface area contributed by atoms with Gasteiger partial charge in [-0.05, 0) is 43.3 Å². The molecule has 27 heavy (non-hydrogen) atoms. The molecule has 1 heterocycles. The Balaban J connectivity index is 1.77. The first-order chi connectivity index (χ1) is 13.1. The summed E-state index contributed by atoms with van der Waals surface area (Å²) in [5.74, 6) is 1.35. The summed E-state index contributed by atoms with van der Waals surface area (Å²) < 4.78 is 12.8. The van der Waals surface area contributed by atoms with Gasteiger partial charge in [-0.1, -0.05) is 23.7 Å². The molecule has 1 N–H and O–H groups in total. The molecule has 0 saturated heterocycles. The molecule has 142 valence electrons. The molecule has 7 heteroatoms. The van der Waals surface area contributed by atoms with Crippen molar-refractivity contribution in [2.75, 3.05) is 20.3 Å². The van der Waals surface area contributed by atoms with Gasteiger partial charge in [-0.25, -0.2) is 4.98 Å². The van der Waals surface area contributed by atoms with Crippen LogP contribution in [0, 0.1) is 0 Å². The molecule has 1 amide bonds. The average Bonchev–Trinajstić information content (AvgIpc) is 3.02. The van der Waals surface area contributed by atoms with Crippen molar-refractivity contribution in [2.45, 2.75) is 19.5 Å². The molecular weight excluding hydrogens is 366 g/mol. The molecule has 0 saturated carbocycles. The first-order valence-electron chi connectivity index (χ1n) is 8.70. The molecule has 6 nitrogen and oxygen atoms in total. The zero-order valence-electron chi connectivity index (χ0n) is 15.3. The lowest BCUT2D eigenvalue weighted by Crippen LogP contribution is -2.31. The Hall–Kier alpha value is -2.57. The molecule has 0 aliphatic heterocycles. The van der Waals surface area contributed by atoms with Gasteiger partial charge in [0.05, 0.1) is 23.6 Å². The summed E-state index contributed by atoms with van der Waals surface area (Å²) in [6.45, 7) is 2.99. The van der Waals surface area contributed by atoms with Gasteiger partial charge < -0.3 is 19.4 Å². The predicted octanol–water partition coefficient (Wildman–Crippen LogP) is 3.59. The maximum atomic E-state index is 11.9. The molecule has 3 aromatic rings. The molecule has 1 aromatic heterocycles. The number of halogens is 1. The lowest BCUT2D eigenvalue weighted by atomic mass is 10.3. The first-order valence-corrected chi connectivity index (χ1v) is 9.08. The normalized spacial score (nSPS) is 12.1. The van der Waals surface area contributed by atoms with Crippen LogP contribution in [-0.2, 0) is 16.1 Å². The molecule has 0 bridgehead atoms. The molecule has 1 unspecified atom stereocenters. The van der Waals surface area contributed by atoms with Gasteiger partial charge >= 0.3 is 0 Å². The van der Waals surface area contributed by atoms with Crippen molar-refractivity contribution >= 4 is 28.5 Å². The van der Waals surface area contributed by atoms with Crippen molar-refractivity contribution in [1.82, 2.24) is 14.9 Å². The molecule has 0 spiro atoms. The van der Waals surface area contributed by atoms with Crippen molar-refractivity contribution in [3.8, 4) is 5.75 Å². The van der Waals surface area contributed by atoms with E-state index in [1.165, 1.54) is 7.11 Å². The van der Waals surface area contributed by atoms with Crippen LogP contribution in [-0.4, -0.2) is 35.8 Å². The van der Waals surface area contributed by atoms with Crippen LogP contribution in [0.2, 0.25) is 5.02 Å². The maximum Gasteiger partial charge on any atom is 0.246 e. The fourth-order valence-electron chi connectivity index (χ4n) is 2.92. The van der Waals surface area contributed by atoms with Crippen LogP contribution in [0.25, 0.3) is 11.0 Å². The highest BCUT2D eigenvalue weighted by atomic mass is 35.5. The number of hydrogen-bond acceptors (Lipinski definition) is 4. The molecule has 1 atom stereocenters. The number of nitrogens with zero attached hydrogens (tertiary/aromatic N) is 2. The van der Waals surface area contributed by atoms with E-state index in [4.69, 9.17) is 26.1 Å². The number of ether oxygens (including phenoxy) is 2. The number of carbonyl (C=O) groups excluding carboxylic acids is 1. The third kappa shape index (κ3) is 4.78. The van der Waals surface area contributed by atoms with Gasteiger partial charge in [-0.2, -0.15) is 0 Å². The van der Waals surface area contributed by atoms with Gasteiger partial charge in [0.2, 0.25) is 5.91 Å². The second-order valence-electron chi connectivity index (χ2n) is 6.13. The zero-order chi connectivity index (χ0) is 19.2. The Morgan fingerprint density at radius 2 is 1.96 bits per heavy atom. The highest BCUT2D eigenvalue weighted by Crippen LogP contribution is 2.21. The van der Waals surface area contributed by atoms with E-state index in [-0.39, 0.29) is 18.6 Å². The summed E-state index contributed by atoms with van der Waals surface area (Å²) in [6.07, 6.45) is 0. The highest BCUT2D eigenvalue weighted by Gasteiger charge is 2.18. The van der Waals surface area contributed by atoms with E-state index >= 15 is 0 Å². The number of amides is 1. The average molecular weight is 388 g/mol. The molecular formula is C20H22ClN3O3. The van der Waals surface area contributed by atoms with Crippen molar-refractivity contribution in [1.29, 1.82) is 0 Å². The van der Waals surface area contributed by atoms with Crippen molar-refractivity contribution < 1.29 is 14.3 Å². The lowest BCUT2D eigenvalue weighted by molar-refractivity contribution is -0.125. The summed E-state index contributed by atoms with van der Waals surface area (Å²) in [6, 6.07) is 14.9. The largest absolute Gasteiger partial charge is 0.492 e. The number of methoxy groups -OCH3 is 1. The third-order valence-electron chi connectivity index (χ3n) is 4.12. The quantitative estimate of drug-likeness (QED) is 0.641. The standard InChI is InChI=1S/C20H22ClN3O3/c1-14(22-19(25)13-26-2)20-23-17-5-3-4-6-18(17)24(20)11-12-27-16-9-7-15(21)8-10-16/h3-10,14H,11-13H2,1-2H3,(H,22,25). The fraction of sp³-hybridized carbons (Fsp3) is 0.300. The molecule has 0 fully saturated rings. The Bertz CT molecular complexity index is 908. The monoisotopic (exact) mass is 387 g/mol. The van der Waals surface area contributed by atoms with Crippen LogP contribution in [0.3, 0.4) is 0 Å². The van der Waals surface area contributed by atoms with Crippen LogP contribution in [0.15, 0.2) is 48.5 Å². The Morgan fingerprint density at radius 1 is 1.22 bits per heavy atom. The number of para-hydroxylation sites is 2. The van der Waals surface area contributed by atoms with Crippen LogP contribution >= 0.6 is 11.6 Å². The highest BCUT2D eigenvalue weighted by molar-refractivity contribution is 6.30. The summed E-state index contributed by atoms with van der Waals surface area (Å²) in [7, 11) is 1.49. The topological polar surface area (TPSA) is 65.4 Å². The van der Waals surface area contributed by atoms with Crippen molar-refractivity contribution in [3.05, 3.63) is 59.4 Å². The molecule has 0 aliphatic rings. The summed E-state index contributed by atoms with van der Waals surface area (Å²) in [5.41, 5.74) is 1.88. The third-order valence-corrected chi connectivity index (χ3v) is 4.37. The van der Waals surface area contributed by atoms with E-state index in [1.54, 1.807) is 12.1 Å². The molecule has 0 aliphatic carbocycles. The van der Waals surface area contributed by atoms with E-state index in [9.17, 15) is 4.79 Å². The zero-order valence-corrected chi connectivity index (χ0v) is 16.1. The van der Waals surface area contributed by atoms with Crippen molar-refractivity contribution in [3.63, 3.8) is 0 Å². The predicted molar refractivity (Wildman–Crippen MR) is 105 cm³/mol. The number of aromatic nitrogens is 2. The van der Waals surface area contributed by atoms with E-state index in [2.05, 4.69) is 9.88 Å². The minimum absolute atomic E-state index is 0.0181. The first kappa shape index (κ1) is 19.2. The molecule has 2 aromatic carbocycles. The van der Waals surface area contributed by atoms with Crippen LogP contribution in [0.5, 0.6) is 5.75 Å². The molecule has 3 rings (SSSR count). The fourth-order valence-corrected chi connectivity index (χ4v) is 3.05. The van der Waals surface area contributed by atoms with Crippen molar-refractivity contribution in [2.24, 2.45) is 0 Å². The van der Waals surface area contributed by atoms with E-state index in [0.717, 1.165) is 22.6 Å². The lowest BCUT2D eigenvalue weighted by Gasteiger charge is -2.16. The van der Waals surface area contributed by atoms with E-state index in [0.29, 0.717) is 18.2 Å². The number of benzene rings is 2. The number of nitrogens with one attached hydrogen (secondary N) is 1. The Labute approximate surface area is 163 Å². The second-order valence-corrected chi connectivity index (χ2v) is 6.57. The van der Waals surface area contributed by atoms with Crippen LogP contribution < -0.4 is 10.1 Å². The Kier molecular flexibility index (Phi) is 6.32.